The average Bonchev–Trinajstić information content (AvgIpc) is 3.07. The van der Waals surface area contributed by atoms with Crippen molar-refractivity contribution in [3.63, 3.8) is 0 Å². The molecule has 3 atom stereocenters. The fourth-order valence-electron chi connectivity index (χ4n) is 8.43. The Morgan fingerprint density at radius 2 is 1.50 bits per heavy atom. The molecule has 0 bridgehead atoms. The first-order chi connectivity index (χ1) is 27.2. The number of aryl methyl sites for hydroxylation is 3. The maximum Gasteiger partial charge on any atom is 0.312 e. The van der Waals surface area contributed by atoms with Crippen LogP contribution < -0.4 is 14.2 Å². The van der Waals surface area contributed by atoms with Crippen molar-refractivity contribution < 1.29 is 52.4 Å². The van der Waals surface area contributed by atoms with E-state index < -0.39 is 47.3 Å². The molecular weight excluding hydrogens is 741 g/mol. The van der Waals surface area contributed by atoms with Crippen LogP contribution in [-0.2, 0) is 50.0 Å². The summed E-state index contributed by atoms with van der Waals surface area (Å²) in [5.74, 6) is -1.25. The maximum atomic E-state index is 14.1. The molecule has 0 spiro atoms. The van der Waals surface area contributed by atoms with Gasteiger partial charge in [-0.15, -0.1) is 0 Å². The summed E-state index contributed by atoms with van der Waals surface area (Å²) in [6, 6.07) is 7.94. The largest absolute Gasteiger partial charge is 0.487 e. The van der Waals surface area contributed by atoms with E-state index >= 15 is 0 Å². The molecule has 0 amide bonds. The molecule has 1 aliphatic heterocycles. The zero-order chi connectivity index (χ0) is 42.9. The van der Waals surface area contributed by atoms with Gasteiger partial charge in [0.1, 0.15) is 36.1 Å². The SMILES string of the molecule is CCCCCc1cc(OC(=O)CC(C)(C)c2c(C)cc(C)cc2OC(=O)CC(C)CC(=O)OC(COC(C)=O)COC(C)=O)c2c(c1)OC(C)(C)[C@@H]1CCC(C)=CC21. The number of carbonyl (C=O) groups excluding carboxylic acids is 5. The highest BCUT2D eigenvalue weighted by Gasteiger charge is 2.46. The number of hydrogen-bond donors (Lipinski definition) is 0. The minimum atomic E-state index is -0.989. The van der Waals surface area contributed by atoms with Gasteiger partial charge in [0.25, 0.3) is 0 Å². The van der Waals surface area contributed by atoms with Crippen molar-refractivity contribution in [1.29, 1.82) is 0 Å². The van der Waals surface area contributed by atoms with Gasteiger partial charge in [-0.25, -0.2) is 0 Å². The second-order valence-corrected chi connectivity index (χ2v) is 17.5. The Hall–Kier alpha value is -4.67. The highest BCUT2D eigenvalue weighted by Crippen LogP contribution is 2.54. The van der Waals surface area contributed by atoms with Crippen LogP contribution in [0.2, 0.25) is 0 Å². The predicted octanol–water partition coefficient (Wildman–Crippen LogP) is 9.28. The number of rotatable bonds is 18. The molecule has 1 heterocycles. The van der Waals surface area contributed by atoms with Gasteiger partial charge in [0.05, 0.1) is 6.42 Å². The van der Waals surface area contributed by atoms with E-state index in [-0.39, 0.29) is 49.9 Å². The Labute approximate surface area is 344 Å². The summed E-state index contributed by atoms with van der Waals surface area (Å²) in [5, 5.41) is 0. The van der Waals surface area contributed by atoms with Crippen molar-refractivity contribution in [3.05, 3.63) is 63.7 Å². The molecule has 0 saturated carbocycles. The van der Waals surface area contributed by atoms with E-state index in [2.05, 4.69) is 39.8 Å². The maximum absolute atomic E-state index is 14.1. The molecule has 4 rings (SSSR count). The van der Waals surface area contributed by atoms with Crippen molar-refractivity contribution in [2.24, 2.45) is 11.8 Å². The van der Waals surface area contributed by atoms with Crippen LogP contribution in [0, 0.1) is 25.7 Å². The van der Waals surface area contributed by atoms with E-state index in [1.165, 1.54) is 19.4 Å². The van der Waals surface area contributed by atoms with Gasteiger partial charge in [-0.1, -0.05) is 58.3 Å². The Morgan fingerprint density at radius 1 is 0.862 bits per heavy atom. The summed E-state index contributed by atoms with van der Waals surface area (Å²) in [6.45, 7) is 20.0. The number of hydrogen-bond acceptors (Lipinski definition) is 11. The van der Waals surface area contributed by atoms with Gasteiger partial charge in [-0.2, -0.15) is 0 Å². The van der Waals surface area contributed by atoms with Crippen molar-refractivity contribution in [2.45, 2.75) is 157 Å². The molecule has 11 nitrogen and oxygen atoms in total. The van der Waals surface area contributed by atoms with Gasteiger partial charge in [0, 0.05) is 55.1 Å². The minimum Gasteiger partial charge on any atom is -0.487 e. The van der Waals surface area contributed by atoms with Crippen LogP contribution in [0.3, 0.4) is 0 Å². The highest BCUT2D eigenvalue weighted by atomic mass is 16.6. The van der Waals surface area contributed by atoms with Crippen LogP contribution in [0.5, 0.6) is 17.2 Å². The predicted molar refractivity (Wildman–Crippen MR) is 220 cm³/mol. The molecule has 0 aromatic heterocycles. The lowest BCUT2D eigenvalue weighted by molar-refractivity contribution is -0.166. The molecule has 2 aromatic rings. The molecule has 0 radical (unpaired) electrons. The molecule has 2 aromatic carbocycles. The van der Waals surface area contributed by atoms with Gasteiger partial charge >= 0.3 is 29.8 Å². The van der Waals surface area contributed by atoms with Gasteiger partial charge in [-0.05, 0) is 101 Å². The molecule has 11 heteroatoms. The molecule has 58 heavy (non-hydrogen) atoms. The molecule has 0 N–H and O–H groups in total. The smallest absolute Gasteiger partial charge is 0.312 e. The van der Waals surface area contributed by atoms with Crippen LogP contribution in [0.1, 0.15) is 147 Å². The lowest BCUT2D eigenvalue weighted by atomic mass is 9.68. The monoisotopic (exact) mass is 804 g/mol. The highest BCUT2D eigenvalue weighted by molar-refractivity contribution is 5.78. The third-order valence-corrected chi connectivity index (χ3v) is 11.0. The number of carbonyl (C=O) groups is 5. The quantitative estimate of drug-likeness (QED) is 0.0468. The van der Waals surface area contributed by atoms with Crippen molar-refractivity contribution in [1.82, 2.24) is 0 Å². The van der Waals surface area contributed by atoms with E-state index in [1.807, 2.05) is 39.8 Å². The zero-order valence-electron chi connectivity index (χ0n) is 36.5. The van der Waals surface area contributed by atoms with E-state index in [9.17, 15) is 24.0 Å². The van der Waals surface area contributed by atoms with Crippen molar-refractivity contribution >= 4 is 29.8 Å². The van der Waals surface area contributed by atoms with Crippen LogP contribution in [0.4, 0.5) is 0 Å². The summed E-state index contributed by atoms with van der Waals surface area (Å²) in [6.07, 6.45) is 7.19. The second-order valence-electron chi connectivity index (χ2n) is 17.5. The molecular formula is C47H64O11. The van der Waals surface area contributed by atoms with Gasteiger partial charge in [0.15, 0.2) is 6.10 Å². The second kappa shape index (κ2) is 19.9. The molecule has 2 aliphatic rings. The molecule has 0 saturated heterocycles. The summed E-state index contributed by atoms with van der Waals surface area (Å²) in [4.78, 5) is 62.9. The number of fused-ring (bicyclic) bond motifs is 3. The van der Waals surface area contributed by atoms with Gasteiger partial charge in [-0.3, -0.25) is 24.0 Å². The van der Waals surface area contributed by atoms with E-state index in [4.69, 9.17) is 28.4 Å². The topological polar surface area (TPSA) is 141 Å². The van der Waals surface area contributed by atoms with Crippen molar-refractivity contribution in [2.75, 3.05) is 13.2 Å². The first-order valence-electron chi connectivity index (χ1n) is 20.7. The Morgan fingerprint density at radius 3 is 2.14 bits per heavy atom. The Kier molecular flexibility index (Phi) is 15.8. The first-order valence-corrected chi connectivity index (χ1v) is 20.7. The van der Waals surface area contributed by atoms with E-state index in [0.29, 0.717) is 17.1 Å². The lowest BCUT2D eigenvalue weighted by Gasteiger charge is -2.46. The third kappa shape index (κ3) is 12.7. The fraction of sp³-hybridized carbons (Fsp3) is 0.596. The number of ether oxygens (including phenoxy) is 6. The van der Waals surface area contributed by atoms with Crippen LogP contribution in [0.25, 0.3) is 0 Å². The number of allylic oxidation sites excluding steroid dienone is 2. The number of benzene rings is 2. The van der Waals surface area contributed by atoms with E-state index in [1.54, 1.807) is 13.0 Å². The molecule has 0 fully saturated rings. The number of unbranched alkanes of at least 4 members (excludes halogenated alkanes) is 2. The van der Waals surface area contributed by atoms with Crippen LogP contribution in [0.15, 0.2) is 35.9 Å². The Bertz CT molecular complexity index is 1850. The molecule has 2 unspecified atom stereocenters. The average molecular weight is 805 g/mol. The van der Waals surface area contributed by atoms with Crippen LogP contribution in [-0.4, -0.2) is 54.8 Å². The summed E-state index contributed by atoms with van der Waals surface area (Å²) in [7, 11) is 0. The van der Waals surface area contributed by atoms with E-state index in [0.717, 1.165) is 66.5 Å². The lowest BCUT2D eigenvalue weighted by Crippen LogP contribution is -2.45. The number of esters is 5. The fourth-order valence-corrected chi connectivity index (χ4v) is 8.43. The molecule has 318 valence electrons. The molecule has 1 aliphatic carbocycles. The summed E-state index contributed by atoms with van der Waals surface area (Å²) >= 11 is 0. The summed E-state index contributed by atoms with van der Waals surface area (Å²) in [5.41, 5.74) is 4.60. The minimum absolute atomic E-state index is 0.00962. The van der Waals surface area contributed by atoms with Gasteiger partial charge in [0.2, 0.25) is 0 Å². The van der Waals surface area contributed by atoms with Crippen LogP contribution >= 0.6 is 0 Å². The normalized spacial score (nSPS) is 17.5. The standard InChI is InChI=1S/C47H64O11/c1-12-13-14-15-34-23-38(44-36-19-28(2)16-17-37(36)47(10,11)58-39(44)24-34)56-43(52)25-46(8,9)45-31(5)18-29(3)20-40(45)57-42(51)22-30(4)21-41(50)55-35(26-53-32(6)48)27-54-33(7)49/h18-20,23-24,30,35-37H,12-17,21-22,25-27H2,1-11H3/t30?,36?,37-/m1/s1. The zero-order valence-corrected chi connectivity index (χ0v) is 36.5. The Balaban J connectivity index is 1.52. The third-order valence-electron chi connectivity index (χ3n) is 11.0. The first kappa shape index (κ1) is 46.0. The van der Waals surface area contributed by atoms with Crippen molar-refractivity contribution in [3.8, 4) is 17.2 Å². The van der Waals surface area contributed by atoms with Gasteiger partial charge < -0.3 is 28.4 Å². The summed E-state index contributed by atoms with van der Waals surface area (Å²) < 4.78 is 34.4.